The average molecular weight is 403 g/mol. The van der Waals surface area contributed by atoms with E-state index in [1.807, 2.05) is 24.3 Å². The molecule has 0 spiro atoms. The molecule has 2 N–H and O–H groups in total. The zero-order valence-corrected chi connectivity index (χ0v) is 16.3. The fraction of sp³-hybridized carbons (Fsp3) is 0.0870. The molecule has 4 rings (SSSR count). The molecule has 7 heteroatoms. The number of nitrogens with one attached hydrogen (secondary N) is 2. The number of halogens is 1. The van der Waals surface area contributed by atoms with Crippen molar-refractivity contribution in [2.45, 2.75) is 13.8 Å². The van der Waals surface area contributed by atoms with Gasteiger partial charge in [-0.1, -0.05) is 18.2 Å². The zero-order valence-electron chi connectivity index (χ0n) is 16.3. The molecule has 2 heterocycles. The van der Waals surface area contributed by atoms with Gasteiger partial charge in [0.1, 0.15) is 11.6 Å². The number of furan rings is 1. The number of carbonyl (C=O) groups is 2. The van der Waals surface area contributed by atoms with E-state index in [4.69, 9.17) is 4.42 Å². The van der Waals surface area contributed by atoms with Gasteiger partial charge < -0.3 is 15.1 Å². The van der Waals surface area contributed by atoms with E-state index in [9.17, 15) is 14.0 Å². The summed E-state index contributed by atoms with van der Waals surface area (Å²) in [4.78, 5) is 29.6. The minimum Gasteiger partial charge on any atom is -0.469 e. The second kappa shape index (κ2) is 7.79. The molecule has 0 saturated heterocycles. The lowest BCUT2D eigenvalue weighted by atomic mass is 10.1. The first kappa shape index (κ1) is 19.3. The highest BCUT2D eigenvalue weighted by molar-refractivity contribution is 6.08. The van der Waals surface area contributed by atoms with Gasteiger partial charge in [0.25, 0.3) is 11.8 Å². The SMILES string of the molecule is Cc1nc2ccccc2cc1C(=O)Nc1ccc(F)c(NC(=O)c2ccoc2C)c1. The number of para-hydroxylation sites is 1. The zero-order chi connectivity index (χ0) is 21.3. The third kappa shape index (κ3) is 3.77. The number of fused-ring (bicyclic) bond motifs is 1. The molecule has 0 saturated carbocycles. The lowest BCUT2D eigenvalue weighted by molar-refractivity contribution is 0.101. The van der Waals surface area contributed by atoms with Crippen LogP contribution in [-0.4, -0.2) is 16.8 Å². The topological polar surface area (TPSA) is 84.2 Å². The maximum absolute atomic E-state index is 14.2. The van der Waals surface area contributed by atoms with Crippen molar-refractivity contribution in [3.05, 3.63) is 89.3 Å². The van der Waals surface area contributed by atoms with Gasteiger partial charge in [0.2, 0.25) is 0 Å². The molecule has 2 aromatic carbocycles. The number of benzene rings is 2. The van der Waals surface area contributed by atoms with Gasteiger partial charge in [-0.25, -0.2) is 4.39 Å². The normalized spacial score (nSPS) is 10.8. The highest BCUT2D eigenvalue weighted by atomic mass is 19.1. The quantitative estimate of drug-likeness (QED) is 0.497. The molecule has 0 unspecified atom stereocenters. The van der Waals surface area contributed by atoms with Crippen LogP contribution in [0.15, 0.2) is 65.3 Å². The smallest absolute Gasteiger partial charge is 0.259 e. The van der Waals surface area contributed by atoms with E-state index in [2.05, 4.69) is 15.6 Å². The fourth-order valence-corrected chi connectivity index (χ4v) is 3.15. The first-order valence-corrected chi connectivity index (χ1v) is 9.25. The molecule has 0 bridgehead atoms. The Morgan fingerprint density at radius 1 is 0.933 bits per heavy atom. The Morgan fingerprint density at radius 3 is 2.47 bits per heavy atom. The maximum atomic E-state index is 14.2. The largest absolute Gasteiger partial charge is 0.469 e. The molecule has 0 aliphatic rings. The first-order chi connectivity index (χ1) is 14.4. The van der Waals surface area contributed by atoms with E-state index < -0.39 is 11.7 Å². The van der Waals surface area contributed by atoms with E-state index in [1.165, 1.54) is 30.5 Å². The summed E-state index contributed by atoms with van der Waals surface area (Å²) >= 11 is 0. The van der Waals surface area contributed by atoms with Crippen molar-refractivity contribution in [3.8, 4) is 0 Å². The van der Waals surface area contributed by atoms with Crippen molar-refractivity contribution >= 4 is 34.1 Å². The number of aromatic nitrogens is 1. The van der Waals surface area contributed by atoms with Crippen LogP contribution in [0.2, 0.25) is 0 Å². The summed E-state index contributed by atoms with van der Waals surface area (Å²) in [6.45, 7) is 3.40. The third-order valence-corrected chi connectivity index (χ3v) is 4.74. The molecular formula is C23H18FN3O3. The predicted octanol–water partition coefficient (Wildman–Crippen LogP) is 5.09. The van der Waals surface area contributed by atoms with Gasteiger partial charge >= 0.3 is 0 Å². The van der Waals surface area contributed by atoms with Crippen molar-refractivity contribution in [2.75, 3.05) is 10.6 Å². The van der Waals surface area contributed by atoms with E-state index in [0.29, 0.717) is 28.3 Å². The molecule has 6 nitrogen and oxygen atoms in total. The van der Waals surface area contributed by atoms with Crippen molar-refractivity contribution in [1.29, 1.82) is 0 Å². The Labute approximate surface area is 171 Å². The summed E-state index contributed by atoms with van der Waals surface area (Å²) in [6, 6.07) is 14.7. The van der Waals surface area contributed by atoms with E-state index in [1.54, 1.807) is 19.9 Å². The van der Waals surface area contributed by atoms with Crippen LogP contribution in [-0.2, 0) is 0 Å². The summed E-state index contributed by atoms with van der Waals surface area (Å²) in [5.74, 6) is -1.07. The molecule has 2 amide bonds. The van der Waals surface area contributed by atoms with Gasteiger partial charge in [-0.2, -0.15) is 0 Å². The number of hydrogen-bond acceptors (Lipinski definition) is 4. The molecular weight excluding hydrogens is 385 g/mol. The van der Waals surface area contributed by atoms with E-state index >= 15 is 0 Å². The first-order valence-electron chi connectivity index (χ1n) is 9.25. The van der Waals surface area contributed by atoms with Gasteiger partial charge in [-0.15, -0.1) is 0 Å². The number of anilines is 2. The number of carbonyl (C=O) groups excluding carboxylic acids is 2. The molecule has 0 atom stereocenters. The summed E-state index contributed by atoms with van der Waals surface area (Å²) in [5.41, 5.74) is 2.39. The van der Waals surface area contributed by atoms with Crippen LogP contribution in [0.3, 0.4) is 0 Å². The van der Waals surface area contributed by atoms with Gasteiger partial charge in [0.15, 0.2) is 0 Å². The molecule has 150 valence electrons. The number of aryl methyl sites for hydroxylation is 2. The average Bonchev–Trinajstić information content (AvgIpc) is 3.16. The van der Waals surface area contributed by atoms with Crippen LogP contribution in [0.25, 0.3) is 10.9 Å². The Morgan fingerprint density at radius 2 is 1.70 bits per heavy atom. The second-order valence-corrected chi connectivity index (χ2v) is 6.81. The minimum absolute atomic E-state index is 0.0493. The van der Waals surface area contributed by atoms with Gasteiger partial charge in [0, 0.05) is 11.1 Å². The van der Waals surface area contributed by atoms with Crippen molar-refractivity contribution < 1.29 is 18.4 Å². The Hall–Kier alpha value is -4.00. The maximum Gasteiger partial charge on any atom is 0.259 e. The number of nitrogens with zero attached hydrogens (tertiary/aromatic N) is 1. The van der Waals surface area contributed by atoms with Crippen molar-refractivity contribution in [3.63, 3.8) is 0 Å². The highest BCUT2D eigenvalue weighted by Crippen LogP contribution is 2.23. The number of pyridine rings is 1. The second-order valence-electron chi connectivity index (χ2n) is 6.81. The predicted molar refractivity (Wildman–Crippen MR) is 112 cm³/mol. The number of amides is 2. The van der Waals surface area contributed by atoms with E-state index in [-0.39, 0.29) is 11.6 Å². The fourth-order valence-electron chi connectivity index (χ4n) is 3.15. The lowest BCUT2D eigenvalue weighted by Crippen LogP contribution is -2.16. The Kier molecular flexibility index (Phi) is 5.02. The molecule has 0 aliphatic carbocycles. The summed E-state index contributed by atoms with van der Waals surface area (Å²) < 4.78 is 19.3. The highest BCUT2D eigenvalue weighted by Gasteiger charge is 2.16. The van der Waals surface area contributed by atoms with Crippen LogP contribution in [0, 0.1) is 19.7 Å². The molecule has 30 heavy (non-hydrogen) atoms. The lowest BCUT2D eigenvalue weighted by Gasteiger charge is -2.11. The number of rotatable bonds is 4. The van der Waals surface area contributed by atoms with Crippen LogP contribution >= 0.6 is 0 Å². The van der Waals surface area contributed by atoms with Crippen LogP contribution < -0.4 is 10.6 Å². The molecule has 0 radical (unpaired) electrons. The Balaban J connectivity index is 1.57. The molecule has 2 aromatic heterocycles. The summed E-state index contributed by atoms with van der Waals surface area (Å²) in [6.07, 6.45) is 1.39. The van der Waals surface area contributed by atoms with Gasteiger partial charge in [0.05, 0.1) is 34.3 Å². The summed E-state index contributed by atoms with van der Waals surface area (Å²) in [7, 11) is 0. The van der Waals surface area contributed by atoms with Gasteiger partial charge in [-0.05, 0) is 50.2 Å². The minimum atomic E-state index is -0.619. The monoisotopic (exact) mass is 403 g/mol. The molecule has 4 aromatic rings. The summed E-state index contributed by atoms with van der Waals surface area (Å²) in [5, 5.41) is 6.08. The Bertz CT molecular complexity index is 1280. The van der Waals surface area contributed by atoms with Crippen molar-refractivity contribution in [2.24, 2.45) is 0 Å². The van der Waals surface area contributed by atoms with Gasteiger partial charge in [-0.3, -0.25) is 14.6 Å². The molecule has 0 aliphatic heterocycles. The van der Waals surface area contributed by atoms with Crippen molar-refractivity contribution in [1.82, 2.24) is 4.98 Å². The number of hydrogen-bond donors (Lipinski definition) is 2. The standard InChI is InChI=1S/C23H18FN3O3/c1-13-18(11-15-5-3-4-6-20(15)25-13)23(29)26-16-7-8-19(24)21(12-16)27-22(28)17-9-10-30-14(17)2/h3-12H,1-2H3,(H,26,29)(H,27,28). The molecule has 0 fully saturated rings. The van der Waals surface area contributed by atoms with Crippen LogP contribution in [0.1, 0.15) is 32.2 Å². The van der Waals surface area contributed by atoms with Crippen LogP contribution in [0.5, 0.6) is 0 Å². The van der Waals surface area contributed by atoms with Crippen LogP contribution in [0.4, 0.5) is 15.8 Å². The third-order valence-electron chi connectivity index (χ3n) is 4.74. The van der Waals surface area contributed by atoms with E-state index in [0.717, 1.165) is 10.9 Å².